The Morgan fingerprint density at radius 2 is 2.00 bits per heavy atom. The second-order valence-electron chi connectivity index (χ2n) is 2.92. The van der Waals surface area contributed by atoms with Crippen LogP contribution >= 0.6 is 12.2 Å². The average Bonchev–Trinajstić information content (AvgIpc) is 2.03. The molecule has 0 aromatic rings. The maximum Gasteiger partial charge on any atom is 0.258 e. The van der Waals surface area contributed by atoms with Crippen molar-refractivity contribution in [3.05, 3.63) is 6.92 Å². The molecule has 3 heteroatoms. The number of thiocarbonyl (C=S) groups is 1. The number of hydrogen-bond donors (Lipinski definition) is 0. The summed E-state index contributed by atoms with van der Waals surface area (Å²) in [5.41, 5.74) is 0. The molecule has 1 radical (unpaired) electrons. The Labute approximate surface area is 80.9 Å². The van der Waals surface area contributed by atoms with Crippen molar-refractivity contribution >= 4 is 17.4 Å². The molecule has 0 fully saturated rings. The highest BCUT2D eigenvalue weighted by Crippen LogP contribution is 1.99. The van der Waals surface area contributed by atoms with Gasteiger partial charge in [-0.25, -0.2) is 0 Å². The van der Waals surface area contributed by atoms with Gasteiger partial charge in [-0.15, -0.1) is 0 Å². The second-order valence-corrected chi connectivity index (χ2v) is 3.27. The Morgan fingerprint density at radius 1 is 1.33 bits per heavy atom. The van der Waals surface area contributed by atoms with Gasteiger partial charge in [0.2, 0.25) is 0 Å². The van der Waals surface area contributed by atoms with E-state index in [4.69, 9.17) is 17.0 Å². The standard InChI is InChI=1S/C9H18NOS/c1-4-5-6-7-8-11-9(12)10(2)3/h1,4-8H2,2-3H3. The highest BCUT2D eigenvalue weighted by atomic mass is 32.1. The van der Waals surface area contributed by atoms with E-state index in [-0.39, 0.29) is 0 Å². The van der Waals surface area contributed by atoms with Crippen molar-refractivity contribution in [1.29, 1.82) is 0 Å². The molecule has 2 nitrogen and oxygen atoms in total. The van der Waals surface area contributed by atoms with Crippen molar-refractivity contribution < 1.29 is 4.74 Å². The van der Waals surface area contributed by atoms with Gasteiger partial charge in [-0.3, -0.25) is 0 Å². The summed E-state index contributed by atoms with van der Waals surface area (Å²) in [6, 6.07) is 0. The summed E-state index contributed by atoms with van der Waals surface area (Å²) in [6.45, 7) is 4.50. The maximum atomic E-state index is 5.29. The summed E-state index contributed by atoms with van der Waals surface area (Å²) >= 11 is 4.95. The molecule has 71 valence electrons. The van der Waals surface area contributed by atoms with Gasteiger partial charge >= 0.3 is 0 Å². The Morgan fingerprint density at radius 3 is 2.50 bits per heavy atom. The third-order valence-corrected chi connectivity index (χ3v) is 1.97. The lowest BCUT2D eigenvalue weighted by molar-refractivity contribution is 0.260. The number of rotatable bonds is 5. The largest absolute Gasteiger partial charge is 0.471 e. The van der Waals surface area contributed by atoms with Crippen molar-refractivity contribution in [3.8, 4) is 0 Å². The van der Waals surface area contributed by atoms with Gasteiger partial charge in [0, 0.05) is 14.1 Å². The van der Waals surface area contributed by atoms with E-state index in [1.54, 1.807) is 4.90 Å². The minimum atomic E-state index is 0.574. The SMILES string of the molecule is [CH2]CCCCCOC(=S)N(C)C. The predicted molar refractivity (Wildman–Crippen MR) is 56.1 cm³/mol. The summed E-state index contributed by atoms with van der Waals surface area (Å²) in [5.74, 6) is 0. The van der Waals surface area contributed by atoms with Gasteiger partial charge in [-0.2, -0.15) is 0 Å². The predicted octanol–water partition coefficient (Wildman–Crippen LogP) is 2.24. The van der Waals surface area contributed by atoms with Crippen LogP contribution in [-0.2, 0) is 4.74 Å². The van der Waals surface area contributed by atoms with Crippen molar-refractivity contribution in [1.82, 2.24) is 4.90 Å². The van der Waals surface area contributed by atoms with Crippen LogP contribution in [0.2, 0.25) is 0 Å². The molecule has 0 aliphatic carbocycles. The molecular weight excluding hydrogens is 170 g/mol. The van der Waals surface area contributed by atoms with E-state index in [1.807, 2.05) is 14.1 Å². The van der Waals surface area contributed by atoms with E-state index in [9.17, 15) is 0 Å². The molecule has 0 aliphatic rings. The third-order valence-electron chi connectivity index (χ3n) is 1.49. The van der Waals surface area contributed by atoms with Crippen molar-refractivity contribution in [2.24, 2.45) is 0 Å². The minimum Gasteiger partial charge on any atom is -0.471 e. The summed E-state index contributed by atoms with van der Waals surface area (Å²) in [5, 5.41) is 0.574. The first kappa shape index (κ1) is 11.7. The molecule has 0 aromatic heterocycles. The lowest BCUT2D eigenvalue weighted by Crippen LogP contribution is -2.22. The van der Waals surface area contributed by atoms with Crippen LogP contribution < -0.4 is 0 Å². The molecule has 0 unspecified atom stereocenters. The first-order valence-electron chi connectivity index (χ1n) is 4.31. The molecule has 12 heavy (non-hydrogen) atoms. The Bertz CT molecular complexity index is 126. The monoisotopic (exact) mass is 188 g/mol. The highest BCUT2D eigenvalue weighted by molar-refractivity contribution is 7.80. The van der Waals surface area contributed by atoms with Crippen molar-refractivity contribution in [2.75, 3.05) is 20.7 Å². The van der Waals surface area contributed by atoms with Gasteiger partial charge < -0.3 is 9.64 Å². The fourth-order valence-corrected chi connectivity index (χ4v) is 0.828. The van der Waals surface area contributed by atoms with Crippen molar-refractivity contribution in [3.63, 3.8) is 0 Å². The fraction of sp³-hybridized carbons (Fsp3) is 0.778. The molecule has 0 atom stereocenters. The molecule has 0 rings (SSSR count). The molecular formula is C9H18NOS. The van der Waals surface area contributed by atoms with Crippen LogP contribution in [0.15, 0.2) is 0 Å². The molecule has 0 N–H and O–H groups in total. The Balaban J connectivity index is 3.14. The lowest BCUT2D eigenvalue weighted by Gasteiger charge is -2.13. The van der Waals surface area contributed by atoms with Gasteiger partial charge in [0.05, 0.1) is 6.61 Å². The molecule has 0 saturated heterocycles. The van der Waals surface area contributed by atoms with Gasteiger partial charge in [0.1, 0.15) is 0 Å². The molecule has 0 heterocycles. The molecule has 0 amide bonds. The summed E-state index contributed by atoms with van der Waals surface area (Å²) in [7, 11) is 3.77. The fourth-order valence-electron chi connectivity index (χ4n) is 0.744. The Hall–Kier alpha value is -0.310. The van der Waals surface area contributed by atoms with Gasteiger partial charge in [-0.1, -0.05) is 26.2 Å². The molecule has 0 bridgehead atoms. The van der Waals surface area contributed by atoms with E-state index < -0.39 is 0 Å². The van der Waals surface area contributed by atoms with Gasteiger partial charge in [0.15, 0.2) is 0 Å². The highest BCUT2D eigenvalue weighted by Gasteiger charge is 1.97. The summed E-state index contributed by atoms with van der Waals surface area (Å²) in [4.78, 5) is 1.80. The molecule has 0 aliphatic heterocycles. The lowest BCUT2D eigenvalue weighted by atomic mass is 10.2. The van der Waals surface area contributed by atoms with Gasteiger partial charge in [-0.05, 0) is 18.6 Å². The molecule has 0 saturated carbocycles. The molecule has 0 spiro atoms. The van der Waals surface area contributed by atoms with Gasteiger partial charge in [0.25, 0.3) is 5.17 Å². The van der Waals surface area contributed by atoms with Crippen LogP contribution in [0.3, 0.4) is 0 Å². The third kappa shape index (κ3) is 6.40. The Kier molecular flexibility index (Phi) is 7.16. The van der Waals surface area contributed by atoms with Crippen LogP contribution in [0, 0.1) is 6.92 Å². The van der Waals surface area contributed by atoms with E-state index >= 15 is 0 Å². The number of nitrogens with zero attached hydrogens (tertiary/aromatic N) is 1. The zero-order valence-corrected chi connectivity index (χ0v) is 8.82. The van der Waals surface area contributed by atoms with Crippen LogP contribution in [0.4, 0.5) is 0 Å². The number of hydrogen-bond acceptors (Lipinski definition) is 2. The molecule has 0 aromatic carbocycles. The average molecular weight is 188 g/mol. The van der Waals surface area contributed by atoms with E-state index in [0.717, 1.165) is 19.4 Å². The normalized spacial score (nSPS) is 9.58. The maximum absolute atomic E-state index is 5.29. The topological polar surface area (TPSA) is 12.5 Å². The van der Waals surface area contributed by atoms with E-state index in [1.165, 1.54) is 12.8 Å². The summed E-state index contributed by atoms with van der Waals surface area (Å²) < 4.78 is 5.29. The van der Waals surface area contributed by atoms with Crippen LogP contribution in [-0.4, -0.2) is 30.8 Å². The quantitative estimate of drug-likeness (QED) is 0.485. The zero-order chi connectivity index (χ0) is 9.40. The first-order valence-corrected chi connectivity index (χ1v) is 4.72. The smallest absolute Gasteiger partial charge is 0.258 e. The first-order chi connectivity index (χ1) is 5.68. The van der Waals surface area contributed by atoms with Crippen LogP contribution in [0.1, 0.15) is 25.7 Å². The number of unbranched alkanes of at least 4 members (excludes halogenated alkanes) is 3. The van der Waals surface area contributed by atoms with E-state index in [2.05, 4.69) is 6.92 Å². The van der Waals surface area contributed by atoms with Crippen LogP contribution in [0.25, 0.3) is 0 Å². The minimum absolute atomic E-state index is 0.574. The number of ether oxygens (including phenoxy) is 1. The van der Waals surface area contributed by atoms with Crippen molar-refractivity contribution in [2.45, 2.75) is 25.7 Å². The van der Waals surface area contributed by atoms with Crippen LogP contribution in [0.5, 0.6) is 0 Å². The summed E-state index contributed by atoms with van der Waals surface area (Å²) in [6.07, 6.45) is 4.44. The van der Waals surface area contributed by atoms with E-state index in [0.29, 0.717) is 5.17 Å². The second kappa shape index (κ2) is 7.35. The zero-order valence-electron chi connectivity index (χ0n) is 8.01.